The Balaban J connectivity index is 2.33. The molecular weight excluding hydrogens is 240 g/mol. The van der Waals surface area contributed by atoms with E-state index < -0.39 is 0 Å². The monoisotopic (exact) mass is 264 g/mol. The van der Waals surface area contributed by atoms with E-state index in [1.807, 2.05) is 0 Å². The summed E-state index contributed by atoms with van der Waals surface area (Å²) in [4.78, 5) is 11.3. The number of hydrogen-bond acceptors (Lipinski definition) is 3. The van der Waals surface area contributed by atoms with Gasteiger partial charge in [-0.1, -0.05) is 13.8 Å². The minimum atomic E-state index is 0.331. The molecule has 2 rings (SSSR count). The highest BCUT2D eigenvalue weighted by atomic mass is 16.5. The average Bonchev–Trinajstić information content (AvgIpc) is 2.84. The van der Waals surface area contributed by atoms with Crippen molar-refractivity contribution in [2.24, 2.45) is 0 Å². The lowest BCUT2D eigenvalue weighted by Crippen LogP contribution is -2.26. The van der Waals surface area contributed by atoms with Gasteiger partial charge in [0, 0.05) is 12.8 Å². The van der Waals surface area contributed by atoms with Gasteiger partial charge in [0.05, 0.1) is 23.4 Å². The highest BCUT2D eigenvalue weighted by Crippen LogP contribution is 2.32. The second kappa shape index (κ2) is 6.33. The SMILES string of the molecule is CCc1nn(C2CCCC(OC)C2)c(CC)c1C=O. The predicted molar refractivity (Wildman–Crippen MR) is 74.7 cm³/mol. The molecule has 0 amide bonds. The standard InChI is InChI=1S/C15H24N2O2/c1-4-14-13(10-18)15(5-2)17(16-14)11-7-6-8-12(9-11)19-3/h10-12H,4-9H2,1-3H3. The van der Waals surface area contributed by atoms with Crippen molar-refractivity contribution in [1.82, 2.24) is 9.78 Å². The minimum Gasteiger partial charge on any atom is -0.381 e. The third-order valence-electron chi connectivity index (χ3n) is 4.19. The number of carbonyl (C=O) groups is 1. The van der Waals surface area contributed by atoms with Crippen LogP contribution in [0.2, 0.25) is 0 Å². The van der Waals surface area contributed by atoms with Gasteiger partial charge in [-0.3, -0.25) is 9.48 Å². The first-order chi connectivity index (χ1) is 9.24. The van der Waals surface area contributed by atoms with Crippen molar-refractivity contribution >= 4 is 6.29 Å². The molecule has 2 atom stereocenters. The molecule has 4 heteroatoms. The highest BCUT2D eigenvalue weighted by Gasteiger charge is 2.27. The summed E-state index contributed by atoms with van der Waals surface area (Å²) in [5.74, 6) is 0. The molecule has 0 aromatic carbocycles. The third kappa shape index (κ3) is 2.73. The summed E-state index contributed by atoms with van der Waals surface area (Å²) >= 11 is 0. The van der Waals surface area contributed by atoms with Gasteiger partial charge < -0.3 is 4.74 Å². The van der Waals surface area contributed by atoms with Gasteiger partial charge in [-0.15, -0.1) is 0 Å². The molecule has 1 fully saturated rings. The fourth-order valence-electron chi connectivity index (χ4n) is 3.14. The van der Waals surface area contributed by atoms with Gasteiger partial charge in [-0.2, -0.15) is 5.10 Å². The Bertz CT molecular complexity index is 440. The molecule has 0 saturated heterocycles. The van der Waals surface area contributed by atoms with Crippen LogP contribution in [-0.4, -0.2) is 29.3 Å². The van der Waals surface area contributed by atoms with Crippen LogP contribution in [0.5, 0.6) is 0 Å². The maximum Gasteiger partial charge on any atom is 0.153 e. The summed E-state index contributed by atoms with van der Waals surface area (Å²) in [6.07, 6.45) is 7.42. The lowest BCUT2D eigenvalue weighted by atomic mass is 9.92. The van der Waals surface area contributed by atoms with Gasteiger partial charge >= 0.3 is 0 Å². The predicted octanol–water partition coefficient (Wildman–Crippen LogP) is 2.95. The molecule has 0 aliphatic heterocycles. The molecule has 0 radical (unpaired) electrons. The zero-order chi connectivity index (χ0) is 13.8. The van der Waals surface area contributed by atoms with Crippen LogP contribution >= 0.6 is 0 Å². The Morgan fingerprint density at radius 3 is 2.74 bits per heavy atom. The van der Waals surface area contributed by atoms with Crippen LogP contribution in [-0.2, 0) is 17.6 Å². The quantitative estimate of drug-likeness (QED) is 0.768. The van der Waals surface area contributed by atoms with Crippen molar-refractivity contribution in [3.05, 3.63) is 17.0 Å². The van der Waals surface area contributed by atoms with Gasteiger partial charge in [0.1, 0.15) is 0 Å². The van der Waals surface area contributed by atoms with E-state index >= 15 is 0 Å². The number of methoxy groups -OCH3 is 1. The first kappa shape index (κ1) is 14.3. The number of aromatic nitrogens is 2. The maximum absolute atomic E-state index is 11.3. The fraction of sp³-hybridized carbons (Fsp3) is 0.733. The number of aldehydes is 1. The molecule has 0 N–H and O–H groups in total. The van der Waals surface area contributed by atoms with E-state index in [0.717, 1.165) is 55.3 Å². The van der Waals surface area contributed by atoms with Crippen LogP contribution in [0.25, 0.3) is 0 Å². The van der Waals surface area contributed by atoms with Crippen molar-refractivity contribution in [3.63, 3.8) is 0 Å². The van der Waals surface area contributed by atoms with Crippen molar-refractivity contribution in [2.45, 2.75) is 64.5 Å². The number of aryl methyl sites for hydroxylation is 1. The van der Waals surface area contributed by atoms with Crippen LogP contribution in [0.15, 0.2) is 0 Å². The van der Waals surface area contributed by atoms with Crippen LogP contribution in [0, 0.1) is 0 Å². The minimum absolute atomic E-state index is 0.331. The maximum atomic E-state index is 11.3. The molecule has 4 nitrogen and oxygen atoms in total. The molecule has 2 unspecified atom stereocenters. The van der Waals surface area contributed by atoms with E-state index in [2.05, 4.69) is 18.5 Å². The van der Waals surface area contributed by atoms with E-state index in [-0.39, 0.29) is 0 Å². The van der Waals surface area contributed by atoms with E-state index in [1.165, 1.54) is 6.42 Å². The lowest BCUT2D eigenvalue weighted by molar-refractivity contribution is 0.0502. The second-order valence-corrected chi connectivity index (χ2v) is 5.25. The number of ether oxygens (including phenoxy) is 1. The normalized spacial score (nSPS) is 23.5. The van der Waals surface area contributed by atoms with E-state index in [4.69, 9.17) is 9.84 Å². The smallest absolute Gasteiger partial charge is 0.153 e. The molecule has 1 aliphatic carbocycles. The van der Waals surface area contributed by atoms with Gasteiger partial charge in [-0.05, 0) is 38.5 Å². The van der Waals surface area contributed by atoms with Gasteiger partial charge in [0.25, 0.3) is 0 Å². The summed E-state index contributed by atoms with van der Waals surface area (Å²) in [6.45, 7) is 4.15. The molecule has 1 saturated carbocycles. The van der Waals surface area contributed by atoms with Crippen LogP contribution < -0.4 is 0 Å². The Morgan fingerprint density at radius 1 is 1.37 bits per heavy atom. The summed E-state index contributed by atoms with van der Waals surface area (Å²) < 4.78 is 7.60. The Kier molecular flexibility index (Phi) is 4.75. The summed E-state index contributed by atoms with van der Waals surface area (Å²) in [5.41, 5.74) is 2.84. The van der Waals surface area contributed by atoms with Crippen molar-refractivity contribution in [1.29, 1.82) is 0 Å². The van der Waals surface area contributed by atoms with E-state index in [0.29, 0.717) is 12.1 Å². The first-order valence-corrected chi connectivity index (χ1v) is 7.33. The average molecular weight is 264 g/mol. The third-order valence-corrected chi connectivity index (χ3v) is 4.19. The van der Waals surface area contributed by atoms with E-state index in [1.54, 1.807) is 7.11 Å². The summed E-state index contributed by atoms with van der Waals surface area (Å²) in [6, 6.07) is 0.382. The van der Waals surface area contributed by atoms with Crippen LogP contribution in [0.3, 0.4) is 0 Å². The molecule has 1 aromatic rings. The zero-order valence-electron chi connectivity index (χ0n) is 12.2. The fourth-order valence-corrected chi connectivity index (χ4v) is 3.14. The molecule has 1 heterocycles. The largest absolute Gasteiger partial charge is 0.381 e. The molecule has 0 spiro atoms. The molecule has 19 heavy (non-hydrogen) atoms. The van der Waals surface area contributed by atoms with Gasteiger partial charge in [-0.25, -0.2) is 0 Å². The molecule has 106 valence electrons. The number of rotatable bonds is 5. The van der Waals surface area contributed by atoms with Crippen LogP contribution in [0.4, 0.5) is 0 Å². The first-order valence-electron chi connectivity index (χ1n) is 7.33. The van der Waals surface area contributed by atoms with Crippen LogP contribution in [0.1, 0.15) is 67.3 Å². The molecule has 1 aromatic heterocycles. The lowest BCUT2D eigenvalue weighted by Gasteiger charge is -2.29. The zero-order valence-corrected chi connectivity index (χ0v) is 12.2. The topological polar surface area (TPSA) is 44.1 Å². The number of nitrogens with zero attached hydrogens (tertiary/aromatic N) is 2. The molecule has 0 bridgehead atoms. The van der Waals surface area contributed by atoms with Crippen molar-refractivity contribution in [2.75, 3.05) is 7.11 Å². The summed E-state index contributed by atoms with van der Waals surface area (Å²) in [5, 5.41) is 4.69. The molecular formula is C15H24N2O2. The Labute approximate surface area is 115 Å². The van der Waals surface area contributed by atoms with Crippen molar-refractivity contribution in [3.8, 4) is 0 Å². The van der Waals surface area contributed by atoms with Crippen molar-refractivity contribution < 1.29 is 9.53 Å². The van der Waals surface area contributed by atoms with Gasteiger partial charge in [0.15, 0.2) is 6.29 Å². The Morgan fingerprint density at radius 2 is 2.16 bits per heavy atom. The van der Waals surface area contributed by atoms with Gasteiger partial charge in [0.2, 0.25) is 0 Å². The highest BCUT2D eigenvalue weighted by molar-refractivity contribution is 5.78. The Hall–Kier alpha value is -1.16. The van der Waals surface area contributed by atoms with E-state index in [9.17, 15) is 4.79 Å². The number of hydrogen-bond donors (Lipinski definition) is 0. The molecule has 1 aliphatic rings. The number of carbonyl (C=O) groups excluding carboxylic acids is 1. The summed E-state index contributed by atoms with van der Waals surface area (Å²) in [7, 11) is 1.78. The second-order valence-electron chi connectivity index (χ2n) is 5.25.